The average molecular weight is 345 g/mol. The Kier molecular flexibility index (Phi) is 4.39. The molecule has 3 rings (SSSR count). The first kappa shape index (κ1) is 16.9. The molecule has 0 bridgehead atoms. The quantitative estimate of drug-likeness (QED) is 0.631. The number of fused-ring (bicyclic) bond motifs is 1. The fraction of sp³-hybridized carbons (Fsp3) is 0.438. The number of aromatic hydroxyl groups is 1. The minimum atomic E-state index is -0.651. The van der Waals surface area contributed by atoms with Gasteiger partial charge in [0.2, 0.25) is 0 Å². The van der Waals surface area contributed by atoms with Gasteiger partial charge in [-0.3, -0.25) is 14.9 Å². The number of hydrogen-bond acceptors (Lipinski definition) is 6. The van der Waals surface area contributed by atoms with Gasteiger partial charge in [-0.1, -0.05) is 13.8 Å². The number of carbonyl (C=O) groups is 1. The Morgan fingerprint density at radius 2 is 2.12 bits per heavy atom. The van der Waals surface area contributed by atoms with Crippen molar-refractivity contribution in [2.45, 2.75) is 39.3 Å². The molecule has 0 saturated carbocycles. The van der Waals surface area contributed by atoms with Crippen LogP contribution in [-0.4, -0.2) is 30.7 Å². The summed E-state index contributed by atoms with van der Waals surface area (Å²) in [6.45, 7) is 4.72. The monoisotopic (exact) mass is 345 g/mol. The molecular formula is C16H19N5O4. The highest BCUT2D eigenvalue weighted by molar-refractivity contribution is 5.95. The molecule has 25 heavy (non-hydrogen) atoms. The summed E-state index contributed by atoms with van der Waals surface area (Å²) in [4.78, 5) is 22.8. The zero-order valence-corrected chi connectivity index (χ0v) is 14.0. The van der Waals surface area contributed by atoms with Gasteiger partial charge in [0.1, 0.15) is 11.6 Å². The standard InChI is InChI=1S/C16H19N5O4/c1-9(2)14(15-19-18-13-4-3-5-20(13)15)17-16(23)10-6-11(21(24)25)8-12(22)7-10/h6-9,14,22H,3-5H2,1-2H3,(H,17,23)/t14-/m1/s1. The Bertz CT molecular complexity index is 830. The predicted molar refractivity (Wildman–Crippen MR) is 88.1 cm³/mol. The van der Waals surface area contributed by atoms with Crippen LogP contribution in [0.2, 0.25) is 0 Å². The van der Waals surface area contributed by atoms with E-state index in [4.69, 9.17) is 0 Å². The number of phenolic OH excluding ortho intramolecular Hbond substituents is 1. The third-order valence-corrected chi connectivity index (χ3v) is 4.25. The van der Waals surface area contributed by atoms with Crippen molar-refractivity contribution in [1.82, 2.24) is 20.1 Å². The molecule has 1 amide bonds. The molecule has 9 heteroatoms. The highest BCUT2D eigenvalue weighted by atomic mass is 16.6. The number of rotatable bonds is 5. The molecule has 9 nitrogen and oxygen atoms in total. The second-order valence-corrected chi connectivity index (χ2v) is 6.42. The van der Waals surface area contributed by atoms with Crippen LogP contribution in [-0.2, 0) is 13.0 Å². The minimum absolute atomic E-state index is 0.0264. The smallest absolute Gasteiger partial charge is 0.273 e. The molecule has 0 fully saturated rings. The maximum absolute atomic E-state index is 12.6. The van der Waals surface area contributed by atoms with Gasteiger partial charge in [0.15, 0.2) is 5.82 Å². The summed E-state index contributed by atoms with van der Waals surface area (Å²) in [5.74, 6) is 0.801. The molecule has 0 radical (unpaired) electrons. The number of nitrogens with zero attached hydrogens (tertiary/aromatic N) is 4. The summed E-state index contributed by atoms with van der Waals surface area (Å²) < 4.78 is 2.01. The molecule has 1 aromatic heterocycles. The lowest BCUT2D eigenvalue weighted by atomic mass is 10.0. The van der Waals surface area contributed by atoms with Gasteiger partial charge in [-0.25, -0.2) is 0 Å². The van der Waals surface area contributed by atoms with Crippen LogP contribution in [0, 0.1) is 16.0 Å². The van der Waals surface area contributed by atoms with Crippen LogP contribution in [0.15, 0.2) is 18.2 Å². The molecule has 0 spiro atoms. The fourth-order valence-electron chi connectivity index (χ4n) is 2.99. The number of carbonyl (C=O) groups excluding carboxylic acids is 1. The van der Waals surface area contributed by atoms with Gasteiger partial charge in [0.25, 0.3) is 11.6 Å². The van der Waals surface area contributed by atoms with Gasteiger partial charge >= 0.3 is 0 Å². The van der Waals surface area contributed by atoms with Gasteiger partial charge in [-0.15, -0.1) is 10.2 Å². The van der Waals surface area contributed by atoms with Crippen LogP contribution in [0.1, 0.15) is 48.3 Å². The van der Waals surface area contributed by atoms with E-state index in [1.54, 1.807) is 0 Å². The summed E-state index contributed by atoms with van der Waals surface area (Å²) in [5, 5.41) is 31.8. The Hall–Kier alpha value is -2.97. The second-order valence-electron chi connectivity index (χ2n) is 6.42. The van der Waals surface area contributed by atoms with Gasteiger partial charge in [-0.05, 0) is 18.4 Å². The Labute approximate surface area is 143 Å². The molecule has 2 aromatic rings. The first-order valence-electron chi connectivity index (χ1n) is 8.08. The normalized spacial score (nSPS) is 14.4. The number of nitro benzene ring substituents is 1. The van der Waals surface area contributed by atoms with E-state index >= 15 is 0 Å². The van der Waals surface area contributed by atoms with Crippen molar-refractivity contribution in [3.05, 3.63) is 45.5 Å². The van der Waals surface area contributed by atoms with E-state index in [1.807, 2.05) is 18.4 Å². The number of benzene rings is 1. The summed E-state index contributed by atoms with van der Waals surface area (Å²) in [6, 6.07) is 2.96. The summed E-state index contributed by atoms with van der Waals surface area (Å²) in [7, 11) is 0. The lowest BCUT2D eigenvalue weighted by Crippen LogP contribution is -2.33. The van der Waals surface area contributed by atoms with E-state index in [-0.39, 0.29) is 29.0 Å². The lowest BCUT2D eigenvalue weighted by molar-refractivity contribution is -0.385. The van der Waals surface area contributed by atoms with E-state index in [0.29, 0.717) is 5.82 Å². The number of hydrogen-bond donors (Lipinski definition) is 2. The lowest BCUT2D eigenvalue weighted by Gasteiger charge is -2.22. The molecule has 0 saturated heterocycles. The van der Waals surface area contributed by atoms with Crippen LogP contribution in [0.5, 0.6) is 5.75 Å². The predicted octanol–water partition coefficient (Wildman–Crippen LogP) is 1.97. The SMILES string of the molecule is CC(C)[C@@H](NC(=O)c1cc(O)cc([N+](=O)[O-])c1)c1nnc2n1CCC2. The van der Waals surface area contributed by atoms with E-state index in [2.05, 4.69) is 15.5 Å². The summed E-state index contributed by atoms with van der Waals surface area (Å²) in [5.41, 5.74) is -0.312. The highest BCUT2D eigenvalue weighted by Gasteiger charge is 2.28. The molecule has 1 aromatic carbocycles. The molecule has 1 aliphatic heterocycles. The fourth-order valence-corrected chi connectivity index (χ4v) is 2.99. The Balaban J connectivity index is 1.88. The van der Waals surface area contributed by atoms with Crippen LogP contribution >= 0.6 is 0 Å². The number of non-ortho nitro benzene ring substituents is 1. The summed E-state index contributed by atoms with van der Waals surface area (Å²) >= 11 is 0. The molecule has 132 valence electrons. The number of nitrogens with one attached hydrogen (secondary N) is 1. The van der Waals surface area contributed by atoms with Crippen molar-refractivity contribution < 1.29 is 14.8 Å². The van der Waals surface area contributed by atoms with E-state index < -0.39 is 10.8 Å². The molecule has 0 aliphatic carbocycles. The molecule has 2 heterocycles. The molecule has 1 aliphatic rings. The van der Waals surface area contributed by atoms with Gasteiger partial charge in [-0.2, -0.15) is 0 Å². The molecule has 0 unspecified atom stereocenters. The Morgan fingerprint density at radius 3 is 2.80 bits per heavy atom. The maximum atomic E-state index is 12.6. The van der Waals surface area contributed by atoms with Gasteiger partial charge in [0, 0.05) is 24.6 Å². The van der Waals surface area contributed by atoms with Crippen LogP contribution in [0.4, 0.5) is 5.69 Å². The Morgan fingerprint density at radius 1 is 1.36 bits per heavy atom. The second kappa shape index (κ2) is 6.50. The van der Waals surface area contributed by atoms with Crippen molar-refractivity contribution >= 4 is 11.6 Å². The maximum Gasteiger partial charge on any atom is 0.273 e. The van der Waals surface area contributed by atoms with Crippen molar-refractivity contribution in [3.8, 4) is 5.75 Å². The molecular weight excluding hydrogens is 326 g/mol. The third-order valence-electron chi connectivity index (χ3n) is 4.25. The highest BCUT2D eigenvalue weighted by Crippen LogP contribution is 2.26. The molecule has 2 N–H and O–H groups in total. The first-order valence-corrected chi connectivity index (χ1v) is 8.08. The van der Waals surface area contributed by atoms with Crippen molar-refractivity contribution in [2.75, 3.05) is 0 Å². The van der Waals surface area contributed by atoms with Crippen molar-refractivity contribution in [3.63, 3.8) is 0 Å². The third kappa shape index (κ3) is 3.30. The first-order chi connectivity index (χ1) is 11.9. The van der Waals surface area contributed by atoms with Crippen molar-refractivity contribution in [1.29, 1.82) is 0 Å². The summed E-state index contributed by atoms with van der Waals surface area (Å²) in [6.07, 6.45) is 1.86. The van der Waals surface area contributed by atoms with E-state index in [9.17, 15) is 20.0 Å². The zero-order chi connectivity index (χ0) is 18.1. The van der Waals surface area contributed by atoms with Gasteiger partial charge < -0.3 is 15.0 Å². The zero-order valence-electron chi connectivity index (χ0n) is 14.0. The van der Waals surface area contributed by atoms with Crippen LogP contribution < -0.4 is 5.32 Å². The number of aromatic nitrogens is 3. The number of nitro groups is 1. The van der Waals surface area contributed by atoms with E-state index in [1.165, 1.54) is 6.07 Å². The van der Waals surface area contributed by atoms with E-state index in [0.717, 1.165) is 37.3 Å². The van der Waals surface area contributed by atoms with Crippen molar-refractivity contribution in [2.24, 2.45) is 5.92 Å². The topological polar surface area (TPSA) is 123 Å². The number of aryl methyl sites for hydroxylation is 1. The van der Waals surface area contributed by atoms with Crippen LogP contribution in [0.3, 0.4) is 0 Å². The number of amides is 1. The average Bonchev–Trinajstić information content (AvgIpc) is 3.15. The number of phenols is 1. The molecule has 1 atom stereocenters. The minimum Gasteiger partial charge on any atom is -0.508 e. The largest absolute Gasteiger partial charge is 0.508 e. The van der Waals surface area contributed by atoms with Gasteiger partial charge in [0.05, 0.1) is 17.0 Å². The van der Waals surface area contributed by atoms with Crippen LogP contribution in [0.25, 0.3) is 0 Å².